The van der Waals surface area contributed by atoms with Crippen LogP contribution in [0.2, 0.25) is 0 Å². The minimum absolute atomic E-state index is 0.154. The molecule has 11 heteroatoms. The number of benzene rings is 1. The zero-order valence-corrected chi connectivity index (χ0v) is 20.3. The first kappa shape index (κ1) is 23.4. The smallest absolute Gasteiger partial charge is 0.281 e. The minimum atomic E-state index is -3.70. The molecular formula is C22H30N6O4S. The van der Waals surface area contributed by atoms with Crippen molar-refractivity contribution >= 4 is 21.1 Å². The number of piperazine rings is 1. The van der Waals surface area contributed by atoms with Crippen LogP contribution in [0.5, 0.6) is 5.75 Å². The highest BCUT2D eigenvalue weighted by molar-refractivity contribution is 7.89. The molecule has 1 aromatic carbocycles. The van der Waals surface area contributed by atoms with Gasteiger partial charge in [-0.05, 0) is 38.6 Å². The standard InChI is InChI=1S/C22H30N6O4S/c1-5-7-17-19-20(25-24-17)22(29)27(4)21(23-19)16-14-15(8-9-18(16)32-6-2)33(30,31)28-12-10-26(3)11-13-28/h8-9,14H,5-7,10-13H2,1-4H3,(H,24,25). The van der Waals surface area contributed by atoms with Gasteiger partial charge in [-0.25, -0.2) is 13.4 Å². The lowest BCUT2D eigenvalue weighted by Gasteiger charge is -2.31. The Kier molecular flexibility index (Phi) is 6.55. The molecule has 0 saturated carbocycles. The molecule has 3 heterocycles. The quantitative estimate of drug-likeness (QED) is 0.553. The third-order valence-electron chi connectivity index (χ3n) is 5.95. The fraction of sp³-hybridized carbons (Fsp3) is 0.500. The lowest BCUT2D eigenvalue weighted by Crippen LogP contribution is -2.47. The van der Waals surface area contributed by atoms with Gasteiger partial charge < -0.3 is 9.64 Å². The van der Waals surface area contributed by atoms with Gasteiger partial charge in [0.05, 0.1) is 22.8 Å². The Morgan fingerprint density at radius 3 is 2.48 bits per heavy atom. The molecule has 10 nitrogen and oxygen atoms in total. The molecule has 1 saturated heterocycles. The molecule has 1 N–H and O–H groups in total. The molecule has 4 rings (SSSR count). The summed E-state index contributed by atoms with van der Waals surface area (Å²) >= 11 is 0. The van der Waals surface area contributed by atoms with Crippen molar-refractivity contribution < 1.29 is 13.2 Å². The van der Waals surface area contributed by atoms with E-state index in [1.165, 1.54) is 8.87 Å². The summed E-state index contributed by atoms with van der Waals surface area (Å²) in [6, 6.07) is 4.76. The van der Waals surface area contributed by atoms with Crippen molar-refractivity contribution in [1.29, 1.82) is 0 Å². The Hall–Kier alpha value is -2.76. The van der Waals surface area contributed by atoms with Gasteiger partial charge in [0, 0.05) is 33.2 Å². The van der Waals surface area contributed by atoms with E-state index in [0.29, 0.717) is 61.9 Å². The predicted molar refractivity (Wildman–Crippen MR) is 126 cm³/mol. The highest BCUT2D eigenvalue weighted by Crippen LogP contribution is 2.33. The van der Waals surface area contributed by atoms with E-state index in [2.05, 4.69) is 15.1 Å². The largest absolute Gasteiger partial charge is 0.493 e. The predicted octanol–water partition coefficient (Wildman–Crippen LogP) is 1.61. The second-order valence-electron chi connectivity index (χ2n) is 8.25. The van der Waals surface area contributed by atoms with E-state index < -0.39 is 10.0 Å². The third kappa shape index (κ3) is 4.28. The van der Waals surface area contributed by atoms with E-state index in [9.17, 15) is 13.2 Å². The number of ether oxygens (including phenoxy) is 1. The Balaban J connectivity index is 1.88. The van der Waals surface area contributed by atoms with Crippen LogP contribution >= 0.6 is 0 Å². The van der Waals surface area contributed by atoms with Crippen molar-refractivity contribution in [2.75, 3.05) is 39.8 Å². The maximum atomic E-state index is 13.4. The number of likely N-dealkylation sites (N-methyl/N-ethyl adjacent to an activating group) is 1. The number of nitrogens with one attached hydrogen (secondary N) is 1. The number of aromatic nitrogens is 4. The first-order valence-corrected chi connectivity index (χ1v) is 12.6. The molecule has 1 fully saturated rings. The zero-order valence-electron chi connectivity index (χ0n) is 19.5. The van der Waals surface area contributed by atoms with E-state index in [1.54, 1.807) is 25.2 Å². The summed E-state index contributed by atoms with van der Waals surface area (Å²) in [5.74, 6) is 0.808. The number of rotatable bonds is 7. The van der Waals surface area contributed by atoms with Crippen LogP contribution in [0.25, 0.3) is 22.4 Å². The van der Waals surface area contributed by atoms with E-state index in [-0.39, 0.29) is 16.0 Å². The van der Waals surface area contributed by atoms with Crippen LogP contribution in [0.1, 0.15) is 26.0 Å². The van der Waals surface area contributed by atoms with Gasteiger partial charge in [0.25, 0.3) is 5.56 Å². The summed E-state index contributed by atoms with van der Waals surface area (Å²) in [6.07, 6.45) is 1.57. The number of hydrogen-bond donors (Lipinski definition) is 1. The van der Waals surface area contributed by atoms with Crippen LogP contribution in [0.4, 0.5) is 0 Å². The van der Waals surface area contributed by atoms with Gasteiger partial charge in [0.15, 0.2) is 5.52 Å². The Labute approximate surface area is 193 Å². The minimum Gasteiger partial charge on any atom is -0.493 e. The van der Waals surface area contributed by atoms with Crippen LogP contribution in [-0.2, 0) is 23.5 Å². The lowest BCUT2D eigenvalue weighted by molar-refractivity contribution is 0.222. The average molecular weight is 475 g/mol. The van der Waals surface area contributed by atoms with Gasteiger partial charge in [-0.3, -0.25) is 14.5 Å². The molecule has 0 atom stereocenters. The van der Waals surface area contributed by atoms with Crippen LogP contribution in [0, 0.1) is 0 Å². The molecule has 1 aliphatic rings. The average Bonchev–Trinajstić information content (AvgIpc) is 3.20. The van der Waals surface area contributed by atoms with Gasteiger partial charge in [0.2, 0.25) is 10.0 Å². The third-order valence-corrected chi connectivity index (χ3v) is 7.84. The Morgan fingerprint density at radius 1 is 1.09 bits per heavy atom. The maximum Gasteiger partial charge on any atom is 0.281 e. The van der Waals surface area contributed by atoms with Gasteiger partial charge >= 0.3 is 0 Å². The van der Waals surface area contributed by atoms with E-state index >= 15 is 0 Å². The number of sulfonamides is 1. The van der Waals surface area contributed by atoms with E-state index in [0.717, 1.165) is 12.1 Å². The SMILES string of the molecule is CCCc1[nH]nc2c(=O)n(C)c(-c3cc(S(=O)(=O)N4CCN(C)CC4)ccc3OCC)nc12. The fourth-order valence-electron chi connectivity index (χ4n) is 4.05. The second-order valence-corrected chi connectivity index (χ2v) is 10.2. The first-order valence-electron chi connectivity index (χ1n) is 11.2. The molecule has 3 aromatic rings. The van der Waals surface area contributed by atoms with Gasteiger partial charge in [-0.1, -0.05) is 13.3 Å². The van der Waals surface area contributed by atoms with E-state index in [4.69, 9.17) is 9.72 Å². The molecule has 1 aliphatic heterocycles. The van der Waals surface area contributed by atoms with Crippen molar-refractivity contribution in [3.05, 3.63) is 34.2 Å². The maximum absolute atomic E-state index is 13.4. The van der Waals surface area contributed by atoms with Crippen LogP contribution in [0.3, 0.4) is 0 Å². The number of hydrogen-bond acceptors (Lipinski definition) is 7. The van der Waals surface area contributed by atoms with Crippen molar-refractivity contribution in [2.24, 2.45) is 7.05 Å². The van der Waals surface area contributed by atoms with Crippen LogP contribution in [0.15, 0.2) is 27.9 Å². The molecule has 0 bridgehead atoms. The molecule has 0 spiro atoms. The summed E-state index contributed by atoms with van der Waals surface area (Å²) in [4.78, 5) is 20.0. The number of H-pyrrole nitrogens is 1. The van der Waals surface area contributed by atoms with Crippen LogP contribution in [-0.4, -0.2) is 77.2 Å². The molecule has 0 amide bonds. The molecule has 2 aromatic heterocycles. The lowest BCUT2D eigenvalue weighted by atomic mass is 10.1. The number of nitrogens with zero attached hydrogens (tertiary/aromatic N) is 5. The summed E-state index contributed by atoms with van der Waals surface area (Å²) in [7, 11) is -0.119. The highest BCUT2D eigenvalue weighted by Gasteiger charge is 2.29. The topological polar surface area (TPSA) is 113 Å². The van der Waals surface area contributed by atoms with Gasteiger partial charge in [-0.15, -0.1) is 0 Å². The van der Waals surface area contributed by atoms with Gasteiger partial charge in [0.1, 0.15) is 17.1 Å². The molecule has 0 aliphatic carbocycles. The molecule has 0 radical (unpaired) electrons. The van der Waals surface area contributed by atoms with Crippen molar-refractivity contribution in [1.82, 2.24) is 29.0 Å². The molecular weight excluding hydrogens is 444 g/mol. The molecule has 178 valence electrons. The second kappa shape index (κ2) is 9.24. The summed E-state index contributed by atoms with van der Waals surface area (Å²) in [5, 5.41) is 7.08. The molecule has 33 heavy (non-hydrogen) atoms. The monoisotopic (exact) mass is 474 g/mol. The van der Waals surface area contributed by atoms with Crippen molar-refractivity contribution in [3.8, 4) is 17.1 Å². The zero-order chi connectivity index (χ0) is 23.8. The van der Waals surface area contributed by atoms with Crippen molar-refractivity contribution in [2.45, 2.75) is 31.6 Å². The van der Waals surface area contributed by atoms with E-state index in [1.807, 2.05) is 20.9 Å². The summed E-state index contributed by atoms with van der Waals surface area (Å²) < 4.78 is 35.4. The van der Waals surface area contributed by atoms with Crippen LogP contribution < -0.4 is 10.3 Å². The Bertz CT molecular complexity index is 1320. The summed E-state index contributed by atoms with van der Waals surface area (Å²) in [5.41, 5.74) is 1.71. The number of aryl methyl sites for hydroxylation is 1. The van der Waals surface area contributed by atoms with Gasteiger partial charge in [-0.2, -0.15) is 9.40 Å². The summed E-state index contributed by atoms with van der Waals surface area (Å²) in [6.45, 7) is 6.49. The number of fused-ring (bicyclic) bond motifs is 1. The van der Waals surface area contributed by atoms with Crippen molar-refractivity contribution in [3.63, 3.8) is 0 Å². The normalized spacial score (nSPS) is 15.9. The first-order chi connectivity index (χ1) is 15.8. The fourth-order valence-corrected chi connectivity index (χ4v) is 5.50. The number of aromatic amines is 1. The molecule has 0 unspecified atom stereocenters. The highest BCUT2D eigenvalue weighted by atomic mass is 32.2. The Morgan fingerprint density at radius 2 is 1.82 bits per heavy atom.